The van der Waals surface area contributed by atoms with Gasteiger partial charge < -0.3 is 5.32 Å². The minimum absolute atomic E-state index is 0.132. The number of benzene rings is 2. The molecule has 0 aliphatic rings. The molecule has 0 aliphatic heterocycles. The average Bonchev–Trinajstić information content (AvgIpc) is 2.66. The van der Waals surface area contributed by atoms with Crippen molar-refractivity contribution in [1.29, 1.82) is 0 Å². The van der Waals surface area contributed by atoms with Gasteiger partial charge in [0.15, 0.2) is 0 Å². The Hall–Kier alpha value is -2.93. The molecule has 1 N–H and O–H groups in total. The van der Waals surface area contributed by atoms with E-state index < -0.39 is 11.1 Å². The molecule has 3 aromatic rings. The number of rotatable bonds is 5. The maximum atomic E-state index is 13.7. The second kappa shape index (κ2) is 8.18. The van der Waals surface area contributed by atoms with Crippen molar-refractivity contribution in [3.8, 4) is 5.69 Å². The van der Waals surface area contributed by atoms with Crippen LogP contribution in [0.2, 0.25) is 0 Å². The summed E-state index contributed by atoms with van der Waals surface area (Å²) >= 11 is 1.19. The number of carbonyl (C=O) groups excluding carboxylic acids is 1. The molecule has 0 radical (unpaired) electrons. The molecule has 7 heteroatoms. The third-order valence-electron chi connectivity index (χ3n) is 3.85. The quantitative estimate of drug-likeness (QED) is 0.681. The zero-order valence-electron chi connectivity index (χ0n) is 14.8. The van der Waals surface area contributed by atoms with Crippen LogP contribution < -0.4 is 10.9 Å². The standard InChI is InChI=1S/C20H18FN3O2S/c1-13-7-9-15(10-8-13)24-19(25)12-11-18(23-24)27-14(2)20(26)22-17-6-4-3-5-16(17)21/h3-12,14H,1-2H3,(H,22,26)/t14-/m1/s1. The van der Waals surface area contributed by atoms with Crippen LogP contribution in [0.25, 0.3) is 5.69 Å². The van der Waals surface area contributed by atoms with E-state index in [2.05, 4.69) is 10.4 Å². The Bertz CT molecular complexity index is 1020. The molecular weight excluding hydrogens is 365 g/mol. The molecule has 0 bridgehead atoms. The zero-order valence-corrected chi connectivity index (χ0v) is 15.7. The van der Waals surface area contributed by atoms with Crippen molar-refractivity contribution >= 4 is 23.4 Å². The molecule has 2 aromatic carbocycles. The normalized spacial score (nSPS) is 11.8. The summed E-state index contributed by atoms with van der Waals surface area (Å²) in [5, 5.41) is 6.89. The summed E-state index contributed by atoms with van der Waals surface area (Å²) < 4.78 is 15.0. The molecule has 0 spiro atoms. The van der Waals surface area contributed by atoms with Crippen molar-refractivity contribution in [2.45, 2.75) is 24.1 Å². The molecule has 0 aliphatic carbocycles. The van der Waals surface area contributed by atoms with Gasteiger partial charge in [0.05, 0.1) is 16.6 Å². The van der Waals surface area contributed by atoms with Gasteiger partial charge in [0.1, 0.15) is 10.8 Å². The Morgan fingerprint density at radius 3 is 2.52 bits per heavy atom. The summed E-state index contributed by atoms with van der Waals surface area (Å²) in [4.78, 5) is 24.5. The maximum Gasteiger partial charge on any atom is 0.271 e. The van der Waals surface area contributed by atoms with E-state index in [-0.39, 0.29) is 17.2 Å². The molecule has 0 saturated heterocycles. The van der Waals surface area contributed by atoms with Gasteiger partial charge in [-0.25, -0.2) is 4.39 Å². The topological polar surface area (TPSA) is 64.0 Å². The third-order valence-corrected chi connectivity index (χ3v) is 4.88. The van der Waals surface area contributed by atoms with Crippen LogP contribution in [0.5, 0.6) is 0 Å². The molecular formula is C20H18FN3O2S. The first-order valence-corrected chi connectivity index (χ1v) is 9.21. The number of halogens is 1. The summed E-state index contributed by atoms with van der Waals surface area (Å²) in [6.07, 6.45) is 0. The second-order valence-electron chi connectivity index (χ2n) is 5.99. The number of aryl methyl sites for hydroxylation is 1. The number of nitrogens with zero attached hydrogens (tertiary/aromatic N) is 2. The lowest BCUT2D eigenvalue weighted by Crippen LogP contribution is -2.24. The first kappa shape index (κ1) is 18.8. The molecule has 3 rings (SSSR count). The van der Waals surface area contributed by atoms with Gasteiger partial charge in [-0.1, -0.05) is 41.6 Å². The van der Waals surface area contributed by atoms with Crippen molar-refractivity contribution < 1.29 is 9.18 Å². The Balaban J connectivity index is 1.76. The molecule has 1 aromatic heterocycles. The molecule has 0 saturated carbocycles. The number of nitrogens with one attached hydrogen (secondary N) is 1. The Morgan fingerprint density at radius 2 is 1.81 bits per heavy atom. The number of carbonyl (C=O) groups is 1. The number of hydrogen-bond acceptors (Lipinski definition) is 4. The highest BCUT2D eigenvalue weighted by atomic mass is 32.2. The lowest BCUT2D eigenvalue weighted by atomic mass is 10.2. The summed E-state index contributed by atoms with van der Waals surface area (Å²) in [7, 11) is 0. The van der Waals surface area contributed by atoms with Crippen LogP contribution in [-0.2, 0) is 4.79 Å². The Labute approximate surface area is 160 Å². The van der Waals surface area contributed by atoms with E-state index in [9.17, 15) is 14.0 Å². The SMILES string of the molecule is Cc1ccc(-n2nc(S[C@H](C)C(=O)Nc3ccccc3F)ccc2=O)cc1. The van der Waals surface area contributed by atoms with Crippen LogP contribution in [0.1, 0.15) is 12.5 Å². The first-order valence-electron chi connectivity index (χ1n) is 8.33. The van der Waals surface area contributed by atoms with Crippen LogP contribution in [0.3, 0.4) is 0 Å². The molecule has 138 valence electrons. The zero-order chi connectivity index (χ0) is 19.4. The Kier molecular flexibility index (Phi) is 5.71. The van der Waals surface area contributed by atoms with Gasteiger partial charge in [-0.3, -0.25) is 9.59 Å². The van der Waals surface area contributed by atoms with Gasteiger partial charge in [-0.2, -0.15) is 9.78 Å². The fraction of sp³-hybridized carbons (Fsp3) is 0.150. The van der Waals surface area contributed by atoms with Gasteiger partial charge >= 0.3 is 0 Å². The van der Waals surface area contributed by atoms with Crippen molar-refractivity contribution in [1.82, 2.24) is 9.78 Å². The lowest BCUT2D eigenvalue weighted by Gasteiger charge is -2.13. The fourth-order valence-electron chi connectivity index (χ4n) is 2.36. The summed E-state index contributed by atoms with van der Waals surface area (Å²) in [5.41, 5.74) is 1.60. The van der Waals surface area contributed by atoms with Gasteiger partial charge in [0.2, 0.25) is 5.91 Å². The van der Waals surface area contributed by atoms with Crippen LogP contribution in [0, 0.1) is 12.7 Å². The lowest BCUT2D eigenvalue weighted by molar-refractivity contribution is -0.115. The van der Waals surface area contributed by atoms with E-state index in [4.69, 9.17) is 0 Å². The van der Waals surface area contributed by atoms with Gasteiger partial charge in [0.25, 0.3) is 5.56 Å². The van der Waals surface area contributed by atoms with E-state index in [1.807, 2.05) is 31.2 Å². The van der Waals surface area contributed by atoms with E-state index in [0.717, 1.165) is 5.56 Å². The monoisotopic (exact) mass is 383 g/mol. The predicted octanol–water partition coefficient (Wildman–Crippen LogP) is 3.80. The highest BCUT2D eigenvalue weighted by molar-refractivity contribution is 8.00. The van der Waals surface area contributed by atoms with Gasteiger partial charge in [0, 0.05) is 6.07 Å². The molecule has 1 atom stereocenters. The number of hydrogen-bond donors (Lipinski definition) is 1. The predicted molar refractivity (Wildman–Crippen MR) is 105 cm³/mol. The number of para-hydroxylation sites is 1. The number of thioether (sulfide) groups is 1. The van der Waals surface area contributed by atoms with Crippen molar-refractivity contribution in [2.24, 2.45) is 0 Å². The van der Waals surface area contributed by atoms with Crippen LogP contribution in [-0.4, -0.2) is 20.9 Å². The number of aromatic nitrogens is 2. The summed E-state index contributed by atoms with van der Waals surface area (Å²) in [6.45, 7) is 3.66. The first-order chi connectivity index (χ1) is 12.9. The molecule has 0 fully saturated rings. The van der Waals surface area contributed by atoms with Crippen LogP contribution >= 0.6 is 11.8 Å². The number of anilines is 1. The van der Waals surface area contributed by atoms with Gasteiger partial charge in [-0.15, -0.1) is 0 Å². The average molecular weight is 383 g/mol. The van der Waals surface area contributed by atoms with Crippen LogP contribution in [0.15, 0.2) is 70.5 Å². The molecule has 1 heterocycles. The smallest absolute Gasteiger partial charge is 0.271 e. The summed E-state index contributed by atoms with van der Waals surface area (Å²) in [5.74, 6) is -0.839. The second-order valence-corrected chi connectivity index (χ2v) is 7.35. The van der Waals surface area contributed by atoms with Crippen molar-refractivity contribution in [3.05, 3.63) is 82.4 Å². The summed E-state index contributed by atoms with van der Waals surface area (Å²) in [6, 6.07) is 16.4. The highest BCUT2D eigenvalue weighted by Gasteiger charge is 2.17. The Morgan fingerprint density at radius 1 is 1.11 bits per heavy atom. The van der Waals surface area contributed by atoms with Gasteiger partial charge in [-0.05, 0) is 44.2 Å². The maximum absolute atomic E-state index is 13.7. The van der Waals surface area contributed by atoms with Crippen molar-refractivity contribution in [2.75, 3.05) is 5.32 Å². The fourth-order valence-corrected chi connectivity index (χ4v) is 3.16. The van der Waals surface area contributed by atoms with E-state index in [0.29, 0.717) is 10.7 Å². The minimum atomic E-state index is -0.527. The van der Waals surface area contributed by atoms with E-state index in [1.165, 1.54) is 34.6 Å². The highest BCUT2D eigenvalue weighted by Crippen LogP contribution is 2.22. The largest absolute Gasteiger partial charge is 0.323 e. The molecule has 5 nitrogen and oxygen atoms in total. The van der Waals surface area contributed by atoms with E-state index in [1.54, 1.807) is 25.1 Å². The van der Waals surface area contributed by atoms with Crippen LogP contribution in [0.4, 0.5) is 10.1 Å². The molecule has 27 heavy (non-hydrogen) atoms. The minimum Gasteiger partial charge on any atom is -0.323 e. The molecule has 0 unspecified atom stereocenters. The van der Waals surface area contributed by atoms with Crippen molar-refractivity contribution in [3.63, 3.8) is 0 Å². The third kappa shape index (κ3) is 4.62. The molecule has 1 amide bonds. The van der Waals surface area contributed by atoms with E-state index >= 15 is 0 Å². The number of amides is 1.